The molecular formula is C16H16N4O3. The fourth-order valence-corrected chi connectivity index (χ4v) is 2.89. The number of ether oxygens (including phenoxy) is 1. The van der Waals surface area contributed by atoms with E-state index in [0.29, 0.717) is 31.0 Å². The second-order valence-corrected chi connectivity index (χ2v) is 5.52. The Kier molecular flexibility index (Phi) is 3.34. The first-order valence-electron chi connectivity index (χ1n) is 7.47. The van der Waals surface area contributed by atoms with E-state index in [9.17, 15) is 4.79 Å². The average molecular weight is 312 g/mol. The number of rotatable bonds is 2. The summed E-state index contributed by atoms with van der Waals surface area (Å²) >= 11 is 0. The molecule has 1 saturated heterocycles. The van der Waals surface area contributed by atoms with Gasteiger partial charge in [-0.1, -0.05) is 0 Å². The maximum atomic E-state index is 13.0. The standard InChI is InChI=1S/C16H16N4O3/c1-11-4-5-14(23-11)13-9-22-8-7-20(13)16(21)12-3-2-6-19-10-17-18-15(12)19/h2-6,10,13H,7-9H2,1H3. The third kappa shape index (κ3) is 2.39. The zero-order chi connectivity index (χ0) is 15.8. The van der Waals surface area contributed by atoms with Gasteiger partial charge in [-0.3, -0.25) is 9.20 Å². The first-order valence-corrected chi connectivity index (χ1v) is 7.47. The van der Waals surface area contributed by atoms with E-state index in [-0.39, 0.29) is 11.9 Å². The predicted molar refractivity (Wildman–Crippen MR) is 81.0 cm³/mol. The van der Waals surface area contributed by atoms with Crippen LogP contribution in [0.15, 0.2) is 41.2 Å². The number of nitrogens with zero attached hydrogens (tertiary/aromatic N) is 4. The number of hydrogen-bond donors (Lipinski definition) is 0. The number of morpholine rings is 1. The lowest BCUT2D eigenvalue weighted by Crippen LogP contribution is -2.43. The van der Waals surface area contributed by atoms with Crippen molar-refractivity contribution in [1.29, 1.82) is 0 Å². The van der Waals surface area contributed by atoms with Crippen molar-refractivity contribution in [3.8, 4) is 0 Å². The molecule has 1 aliphatic heterocycles. The molecule has 0 N–H and O–H groups in total. The highest BCUT2D eigenvalue weighted by molar-refractivity contribution is 5.99. The van der Waals surface area contributed by atoms with E-state index >= 15 is 0 Å². The zero-order valence-electron chi connectivity index (χ0n) is 12.7. The van der Waals surface area contributed by atoms with Gasteiger partial charge in [0.15, 0.2) is 5.65 Å². The van der Waals surface area contributed by atoms with Crippen LogP contribution in [0.1, 0.15) is 27.9 Å². The second kappa shape index (κ2) is 5.51. The largest absolute Gasteiger partial charge is 0.464 e. The van der Waals surface area contributed by atoms with Crippen LogP contribution in [0.3, 0.4) is 0 Å². The minimum Gasteiger partial charge on any atom is -0.464 e. The number of carbonyl (C=O) groups excluding carboxylic acids is 1. The second-order valence-electron chi connectivity index (χ2n) is 5.52. The van der Waals surface area contributed by atoms with Gasteiger partial charge in [0.1, 0.15) is 23.9 Å². The van der Waals surface area contributed by atoms with E-state index in [0.717, 1.165) is 11.5 Å². The Morgan fingerprint density at radius 3 is 3.09 bits per heavy atom. The molecule has 23 heavy (non-hydrogen) atoms. The summed E-state index contributed by atoms with van der Waals surface area (Å²) in [6, 6.07) is 7.15. The van der Waals surface area contributed by atoms with Crippen molar-refractivity contribution in [1.82, 2.24) is 19.5 Å². The molecule has 0 bridgehead atoms. The number of furan rings is 1. The van der Waals surface area contributed by atoms with Crippen LogP contribution in [0, 0.1) is 6.92 Å². The van der Waals surface area contributed by atoms with E-state index in [4.69, 9.17) is 9.15 Å². The summed E-state index contributed by atoms with van der Waals surface area (Å²) in [5.41, 5.74) is 1.08. The molecular weight excluding hydrogens is 296 g/mol. The number of hydrogen-bond acceptors (Lipinski definition) is 5. The van der Waals surface area contributed by atoms with Crippen LogP contribution in [-0.2, 0) is 4.74 Å². The molecule has 0 saturated carbocycles. The van der Waals surface area contributed by atoms with Crippen LogP contribution in [0.4, 0.5) is 0 Å². The van der Waals surface area contributed by atoms with Gasteiger partial charge < -0.3 is 14.1 Å². The molecule has 1 atom stereocenters. The maximum absolute atomic E-state index is 13.0. The first-order chi connectivity index (χ1) is 11.2. The van der Waals surface area contributed by atoms with Crippen molar-refractivity contribution in [2.75, 3.05) is 19.8 Å². The number of fused-ring (bicyclic) bond motifs is 1. The Morgan fingerprint density at radius 2 is 2.26 bits per heavy atom. The molecule has 7 nitrogen and oxygen atoms in total. The monoisotopic (exact) mass is 312 g/mol. The molecule has 118 valence electrons. The van der Waals surface area contributed by atoms with E-state index in [2.05, 4.69) is 10.2 Å². The SMILES string of the molecule is Cc1ccc(C2COCCN2C(=O)c2cccn3cnnc23)o1. The summed E-state index contributed by atoms with van der Waals surface area (Å²) in [4.78, 5) is 14.8. The van der Waals surface area contributed by atoms with Crippen LogP contribution in [0.5, 0.6) is 0 Å². The van der Waals surface area contributed by atoms with Crippen molar-refractivity contribution in [3.05, 3.63) is 53.9 Å². The molecule has 3 aromatic rings. The van der Waals surface area contributed by atoms with Crippen LogP contribution < -0.4 is 0 Å². The smallest absolute Gasteiger partial charge is 0.258 e. The van der Waals surface area contributed by atoms with Gasteiger partial charge in [0.2, 0.25) is 0 Å². The summed E-state index contributed by atoms with van der Waals surface area (Å²) in [6.07, 6.45) is 3.40. The molecule has 0 aliphatic carbocycles. The summed E-state index contributed by atoms with van der Waals surface area (Å²) in [6.45, 7) is 3.33. The third-order valence-electron chi connectivity index (χ3n) is 4.03. The Hall–Kier alpha value is -2.67. The van der Waals surface area contributed by atoms with Crippen LogP contribution in [-0.4, -0.2) is 45.2 Å². The molecule has 1 unspecified atom stereocenters. The van der Waals surface area contributed by atoms with Gasteiger partial charge >= 0.3 is 0 Å². The molecule has 1 amide bonds. The fourth-order valence-electron chi connectivity index (χ4n) is 2.89. The quantitative estimate of drug-likeness (QED) is 0.722. The maximum Gasteiger partial charge on any atom is 0.258 e. The fraction of sp³-hybridized carbons (Fsp3) is 0.312. The first kappa shape index (κ1) is 14.0. The lowest BCUT2D eigenvalue weighted by atomic mass is 10.1. The Balaban J connectivity index is 1.72. The molecule has 4 heterocycles. The van der Waals surface area contributed by atoms with Gasteiger partial charge in [0.05, 0.1) is 18.8 Å². The average Bonchev–Trinajstić information content (AvgIpc) is 3.22. The van der Waals surface area contributed by atoms with Crippen LogP contribution >= 0.6 is 0 Å². The normalized spacial score (nSPS) is 18.5. The molecule has 3 aromatic heterocycles. The Bertz CT molecular complexity index is 854. The third-order valence-corrected chi connectivity index (χ3v) is 4.03. The molecule has 1 aliphatic rings. The number of pyridine rings is 1. The number of amides is 1. The van der Waals surface area contributed by atoms with Gasteiger partial charge in [0, 0.05) is 12.7 Å². The van der Waals surface area contributed by atoms with Crippen molar-refractivity contribution < 1.29 is 13.9 Å². The summed E-state index contributed by atoms with van der Waals surface area (Å²) in [7, 11) is 0. The Morgan fingerprint density at radius 1 is 1.35 bits per heavy atom. The molecule has 7 heteroatoms. The zero-order valence-corrected chi connectivity index (χ0v) is 12.7. The van der Waals surface area contributed by atoms with Crippen molar-refractivity contribution in [2.24, 2.45) is 0 Å². The number of aromatic nitrogens is 3. The lowest BCUT2D eigenvalue weighted by Gasteiger charge is -2.34. The van der Waals surface area contributed by atoms with Gasteiger partial charge in [-0.05, 0) is 31.2 Å². The summed E-state index contributed by atoms with van der Waals surface area (Å²) in [5.74, 6) is 1.47. The lowest BCUT2D eigenvalue weighted by molar-refractivity contribution is -0.00888. The van der Waals surface area contributed by atoms with Crippen LogP contribution in [0.25, 0.3) is 5.65 Å². The minimum absolute atomic E-state index is 0.0917. The number of carbonyl (C=O) groups is 1. The number of aryl methyl sites for hydroxylation is 1. The highest BCUT2D eigenvalue weighted by Gasteiger charge is 2.32. The van der Waals surface area contributed by atoms with E-state index in [1.54, 1.807) is 21.7 Å². The molecule has 4 rings (SSSR count). The highest BCUT2D eigenvalue weighted by Crippen LogP contribution is 2.28. The Labute approximate surface area is 132 Å². The molecule has 1 fully saturated rings. The van der Waals surface area contributed by atoms with Crippen molar-refractivity contribution in [2.45, 2.75) is 13.0 Å². The summed E-state index contributed by atoms with van der Waals surface area (Å²) in [5, 5.41) is 7.92. The van der Waals surface area contributed by atoms with Gasteiger partial charge in [0.25, 0.3) is 5.91 Å². The van der Waals surface area contributed by atoms with E-state index in [1.807, 2.05) is 31.3 Å². The van der Waals surface area contributed by atoms with Gasteiger partial charge in [-0.25, -0.2) is 0 Å². The van der Waals surface area contributed by atoms with Crippen molar-refractivity contribution in [3.63, 3.8) is 0 Å². The highest BCUT2D eigenvalue weighted by atomic mass is 16.5. The molecule has 0 radical (unpaired) electrons. The van der Waals surface area contributed by atoms with Crippen molar-refractivity contribution >= 4 is 11.6 Å². The van der Waals surface area contributed by atoms with Gasteiger partial charge in [-0.2, -0.15) is 0 Å². The van der Waals surface area contributed by atoms with Crippen LogP contribution in [0.2, 0.25) is 0 Å². The van der Waals surface area contributed by atoms with E-state index < -0.39 is 0 Å². The minimum atomic E-state index is -0.229. The van der Waals surface area contributed by atoms with E-state index in [1.165, 1.54) is 0 Å². The molecule has 0 aromatic carbocycles. The topological polar surface area (TPSA) is 72.9 Å². The summed E-state index contributed by atoms with van der Waals surface area (Å²) < 4.78 is 13.0. The van der Waals surface area contributed by atoms with Gasteiger partial charge in [-0.15, -0.1) is 10.2 Å². The predicted octanol–water partition coefficient (Wildman–Crippen LogP) is 1.84. The molecule has 0 spiro atoms.